The van der Waals surface area contributed by atoms with Crippen LogP contribution in [0.4, 0.5) is 0 Å². The third-order valence-electron chi connectivity index (χ3n) is 5.98. The van der Waals surface area contributed by atoms with Gasteiger partial charge in [0.2, 0.25) is 0 Å². The maximum Gasteiger partial charge on any atom is 0.191 e. The second kappa shape index (κ2) is 11.5. The van der Waals surface area contributed by atoms with Gasteiger partial charge in [0.05, 0.1) is 25.4 Å². The molecule has 1 fully saturated rings. The number of hydrogen-bond donors (Lipinski definition) is 3. The molecule has 1 aliphatic carbocycles. The first kappa shape index (κ1) is 24.4. The Hall–Kier alpha value is -1.83. The van der Waals surface area contributed by atoms with Crippen molar-refractivity contribution in [1.29, 1.82) is 0 Å². The number of nitrogens with one attached hydrogen (secondary N) is 2. The maximum absolute atomic E-state index is 11.1. The first-order chi connectivity index (χ1) is 14.4. The smallest absolute Gasteiger partial charge is 0.191 e. The van der Waals surface area contributed by atoms with E-state index in [4.69, 9.17) is 19.2 Å². The second-order valence-electron chi connectivity index (χ2n) is 8.25. The van der Waals surface area contributed by atoms with Crippen molar-refractivity contribution in [2.24, 2.45) is 10.4 Å². The van der Waals surface area contributed by atoms with Gasteiger partial charge in [-0.25, -0.2) is 4.99 Å². The summed E-state index contributed by atoms with van der Waals surface area (Å²) < 4.78 is 16.4. The molecule has 2 unspecified atom stereocenters. The lowest BCUT2D eigenvalue weighted by atomic mass is 9.56. The SMILES string of the molecule is CCOCCCNC(=NCc1ccc(OC)cc1)NCC1(O)CC(OCC)C1(C)C. The van der Waals surface area contributed by atoms with Crippen LogP contribution in [0.15, 0.2) is 29.3 Å². The zero-order valence-corrected chi connectivity index (χ0v) is 19.2. The molecule has 0 bridgehead atoms. The molecule has 0 saturated heterocycles. The number of guanidine groups is 1. The molecule has 2 atom stereocenters. The molecule has 0 heterocycles. The van der Waals surface area contributed by atoms with Crippen molar-refractivity contribution in [2.45, 2.75) is 58.8 Å². The van der Waals surface area contributed by atoms with Crippen LogP contribution in [-0.2, 0) is 16.0 Å². The van der Waals surface area contributed by atoms with E-state index in [1.807, 2.05) is 38.1 Å². The summed E-state index contributed by atoms with van der Waals surface area (Å²) in [5.41, 5.74) is -0.0578. The summed E-state index contributed by atoms with van der Waals surface area (Å²) in [7, 11) is 1.66. The average molecular weight is 422 g/mol. The van der Waals surface area contributed by atoms with Crippen molar-refractivity contribution in [2.75, 3.05) is 40.0 Å². The van der Waals surface area contributed by atoms with Crippen molar-refractivity contribution in [3.05, 3.63) is 29.8 Å². The Bertz CT molecular complexity index is 663. The third kappa shape index (κ3) is 6.33. The summed E-state index contributed by atoms with van der Waals surface area (Å²) >= 11 is 0. The van der Waals surface area contributed by atoms with Crippen LogP contribution in [0.3, 0.4) is 0 Å². The molecule has 30 heavy (non-hydrogen) atoms. The molecular weight excluding hydrogens is 382 g/mol. The van der Waals surface area contributed by atoms with Gasteiger partial charge in [-0.3, -0.25) is 0 Å². The van der Waals surface area contributed by atoms with Crippen LogP contribution >= 0.6 is 0 Å². The lowest BCUT2D eigenvalue weighted by molar-refractivity contribution is -0.237. The van der Waals surface area contributed by atoms with Crippen LogP contribution in [0.25, 0.3) is 0 Å². The molecular formula is C23H39N3O4. The predicted molar refractivity (Wildman–Crippen MR) is 120 cm³/mol. The number of aliphatic imine (C=N–C) groups is 1. The van der Waals surface area contributed by atoms with Gasteiger partial charge in [-0.1, -0.05) is 26.0 Å². The fraction of sp³-hybridized carbons (Fsp3) is 0.696. The second-order valence-corrected chi connectivity index (χ2v) is 8.25. The van der Waals surface area contributed by atoms with Gasteiger partial charge >= 0.3 is 0 Å². The summed E-state index contributed by atoms with van der Waals surface area (Å²) in [6, 6.07) is 7.87. The normalized spacial score (nSPS) is 23.0. The van der Waals surface area contributed by atoms with Crippen molar-refractivity contribution >= 4 is 5.96 Å². The molecule has 0 amide bonds. The summed E-state index contributed by atoms with van der Waals surface area (Å²) in [6.45, 7) is 11.9. The number of methoxy groups -OCH3 is 1. The molecule has 7 nitrogen and oxygen atoms in total. The topological polar surface area (TPSA) is 84.3 Å². The summed E-state index contributed by atoms with van der Waals surface area (Å²) in [6.07, 6.45) is 1.59. The standard InChI is InChI=1S/C23H39N3O4/c1-6-29-14-8-13-24-21(25-16-18-9-11-19(28-5)12-10-18)26-17-23(27)15-20(30-7-2)22(23,3)4/h9-12,20,27H,6-8,13-17H2,1-5H3,(H2,24,25,26). The molecule has 0 spiro atoms. The summed E-state index contributed by atoms with van der Waals surface area (Å²) in [5.74, 6) is 1.51. The quantitative estimate of drug-likeness (QED) is 0.273. The lowest BCUT2D eigenvalue weighted by Crippen LogP contribution is -2.69. The minimum atomic E-state index is -0.833. The van der Waals surface area contributed by atoms with E-state index in [0.29, 0.717) is 38.7 Å². The maximum atomic E-state index is 11.1. The van der Waals surface area contributed by atoms with Crippen LogP contribution in [0, 0.1) is 5.41 Å². The van der Waals surface area contributed by atoms with Gasteiger partial charge in [-0.05, 0) is 38.0 Å². The molecule has 1 aromatic rings. The van der Waals surface area contributed by atoms with Gasteiger partial charge in [0.15, 0.2) is 5.96 Å². The Morgan fingerprint density at radius 1 is 1.17 bits per heavy atom. The van der Waals surface area contributed by atoms with E-state index in [9.17, 15) is 5.11 Å². The number of hydrogen-bond acceptors (Lipinski definition) is 5. The minimum Gasteiger partial charge on any atom is -0.497 e. The minimum absolute atomic E-state index is 0.0770. The molecule has 3 N–H and O–H groups in total. The van der Waals surface area contributed by atoms with E-state index in [1.54, 1.807) is 7.11 Å². The molecule has 2 rings (SSSR count). The van der Waals surface area contributed by atoms with E-state index < -0.39 is 5.60 Å². The fourth-order valence-corrected chi connectivity index (χ4v) is 3.59. The van der Waals surface area contributed by atoms with Crippen molar-refractivity contribution in [3.8, 4) is 5.75 Å². The van der Waals surface area contributed by atoms with E-state index >= 15 is 0 Å². The highest BCUT2D eigenvalue weighted by molar-refractivity contribution is 5.79. The Labute approximate surface area is 181 Å². The largest absolute Gasteiger partial charge is 0.497 e. The van der Waals surface area contributed by atoms with E-state index in [1.165, 1.54) is 0 Å². The van der Waals surface area contributed by atoms with E-state index in [0.717, 1.165) is 30.9 Å². The van der Waals surface area contributed by atoms with Gasteiger partial charge in [0.1, 0.15) is 5.75 Å². The summed E-state index contributed by atoms with van der Waals surface area (Å²) in [5, 5.41) is 17.8. The molecule has 0 aliphatic heterocycles. The number of benzene rings is 1. The summed E-state index contributed by atoms with van der Waals surface area (Å²) in [4.78, 5) is 4.70. The number of ether oxygens (including phenoxy) is 3. The van der Waals surface area contributed by atoms with Crippen molar-refractivity contribution in [1.82, 2.24) is 10.6 Å². The number of aliphatic hydroxyl groups is 1. The highest BCUT2D eigenvalue weighted by Gasteiger charge is 2.59. The first-order valence-electron chi connectivity index (χ1n) is 10.9. The molecule has 1 aromatic carbocycles. The Morgan fingerprint density at radius 3 is 2.50 bits per heavy atom. The first-order valence-corrected chi connectivity index (χ1v) is 10.9. The highest BCUT2D eigenvalue weighted by atomic mass is 16.5. The zero-order chi connectivity index (χ0) is 22.0. The lowest BCUT2D eigenvalue weighted by Gasteiger charge is -2.58. The predicted octanol–water partition coefficient (Wildman–Crippen LogP) is 2.72. The van der Waals surface area contributed by atoms with Gasteiger partial charge in [-0.15, -0.1) is 0 Å². The molecule has 7 heteroatoms. The van der Waals surface area contributed by atoms with Gasteiger partial charge in [0, 0.05) is 44.7 Å². The fourth-order valence-electron chi connectivity index (χ4n) is 3.59. The van der Waals surface area contributed by atoms with Crippen LogP contribution in [0.5, 0.6) is 5.75 Å². The van der Waals surface area contributed by atoms with Crippen molar-refractivity contribution in [3.63, 3.8) is 0 Å². The molecule has 1 aliphatic rings. The van der Waals surface area contributed by atoms with Crippen molar-refractivity contribution < 1.29 is 19.3 Å². The Kier molecular flexibility index (Phi) is 9.39. The van der Waals surface area contributed by atoms with Gasteiger partial charge in [0.25, 0.3) is 0 Å². The van der Waals surface area contributed by atoms with Gasteiger partial charge < -0.3 is 30.0 Å². The van der Waals surface area contributed by atoms with Crippen LogP contribution < -0.4 is 15.4 Å². The molecule has 170 valence electrons. The average Bonchev–Trinajstić information content (AvgIpc) is 2.75. The molecule has 1 saturated carbocycles. The van der Waals surface area contributed by atoms with Crippen LogP contribution in [0.2, 0.25) is 0 Å². The van der Waals surface area contributed by atoms with Crippen LogP contribution in [0.1, 0.15) is 46.1 Å². The third-order valence-corrected chi connectivity index (χ3v) is 5.98. The highest BCUT2D eigenvalue weighted by Crippen LogP contribution is 2.50. The number of rotatable bonds is 12. The van der Waals surface area contributed by atoms with Gasteiger partial charge in [-0.2, -0.15) is 0 Å². The molecule has 0 radical (unpaired) electrons. The van der Waals surface area contributed by atoms with E-state index in [2.05, 4.69) is 24.5 Å². The molecule has 0 aromatic heterocycles. The monoisotopic (exact) mass is 421 g/mol. The van der Waals surface area contributed by atoms with Crippen LogP contribution in [-0.4, -0.2) is 62.8 Å². The Morgan fingerprint density at radius 2 is 1.90 bits per heavy atom. The Balaban J connectivity index is 1.96. The van der Waals surface area contributed by atoms with E-state index in [-0.39, 0.29) is 11.5 Å². The zero-order valence-electron chi connectivity index (χ0n) is 19.2. The number of nitrogens with zero attached hydrogens (tertiary/aromatic N) is 1.